The molecule has 2 aliphatic rings. The van der Waals surface area contributed by atoms with Gasteiger partial charge in [0, 0.05) is 44.2 Å². The average Bonchev–Trinajstić information content (AvgIpc) is 3.10. The fourth-order valence-electron chi connectivity index (χ4n) is 5.71. The molecule has 234 valence electrons. The van der Waals surface area contributed by atoms with Crippen LogP contribution in [0.3, 0.4) is 0 Å². The van der Waals surface area contributed by atoms with Crippen molar-refractivity contribution in [1.82, 2.24) is 5.32 Å². The van der Waals surface area contributed by atoms with E-state index in [4.69, 9.17) is 44.9 Å². The molecule has 10 heteroatoms. The Morgan fingerprint density at radius 1 is 1.16 bits per heavy atom. The Kier molecular flexibility index (Phi) is 11.3. The third-order valence-electron chi connectivity index (χ3n) is 7.50. The second kappa shape index (κ2) is 13.8. The lowest BCUT2D eigenvalue weighted by atomic mass is 9.59. The van der Waals surface area contributed by atoms with Crippen LogP contribution in [0.1, 0.15) is 51.2 Å². The zero-order chi connectivity index (χ0) is 32.3. The summed E-state index contributed by atoms with van der Waals surface area (Å²) in [7, 11) is 0.961. The van der Waals surface area contributed by atoms with Gasteiger partial charge in [-0.15, -0.1) is 0 Å². The summed E-state index contributed by atoms with van der Waals surface area (Å²) in [6, 6.07) is 13.6. The number of esters is 1. The lowest BCUT2D eigenvalue weighted by Gasteiger charge is -2.48. The molecule has 2 aliphatic heterocycles. The highest BCUT2D eigenvalue weighted by molar-refractivity contribution is 7.80. The molecule has 0 radical (unpaired) electrons. The predicted octanol–water partition coefficient (Wildman–Crippen LogP) is 7.94. The number of piperidine rings is 1. The molecule has 1 saturated heterocycles. The van der Waals surface area contributed by atoms with Crippen LogP contribution in [-0.4, -0.2) is 56.8 Å². The Balaban J connectivity index is 0.000000557. The molecule has 1 fully saturated rings. The van der Waals surface area contributed by atoms with E-state index in [1.165, 1.54) is 10.9 Å². The molecule has 0 bridgehead atoms. The summed E-state index contributed by atoms with van der Waals surface area (Å²) >= 11 is 18.4. The molecule has 0 unspecified atom stereocenters. The van der Waals surface area contributed by atoms with Gasteiger partial charge in [0.25, 0.3) is 0 Å². The van der Waals surface area contributed by atoms with Crippen molar-refractivity contribution < 1.29 is 19.1 Å². The number of anilines is 1. The summed E-state index contributed by atoms with van der Waals surface area (Å²) in [6.07, 6.45) is 0.438. The van der Waals surface area contributed by atoms with E-state index >= 15 is 0 Å². The number of carbonyl (C=O) groups excluding carboxylic acids is 2. The van der Waals surface area contributed by atoms with Crippen molar-refractivity contribution in [2.24, 2.45) is 0 Å². The Bertz CT molecular complexity index is 1390. The van der Waals surface area contributed by atoms with Crippen molar-refractivity contribution in [3.8, 4) is 0 Å². The molecular weight excluding hydrogens is 619 g/mol. The molecule has 1 amide bonds. The fraction of sp³-hybridized carbons (Fsp3) is 0.485. The van der Waals surface area contributed by atoms with E-state index < -0.39 is 31.1 Å². The van der Waals surface area contributed by atoms with Crippen LogP contribution >= 0.6 is 35.4 Å². The van der Waals surface area contributed by atoms with Gasteiger partial charge in [-0.3, -0.25) is 14.5 Å². The number of nitrogens with zero attached hydrogens (tertiary/aromatic N) is 1. The van der Waals surface area contributed by atoms with E-state index in [1.807, 2.05) is 31.2 Å². The summed E-state index contributed by atoms with van der Waals surface area (Å²) in [5.41, 5.74) is 1.20. The van der Waals surface area contributed by atoms with E-state index in [1.54, 1.807) is 46.1 Å². The molecule has 6 nitrogen and oxygen atoms in total. The first kappa shape index (κ1) is 35.2. The predicted molar refractivity (Wildman–Crippen MR) is 185 cm³/mol. The van der Waals surface area contributed by atoms with E-state index in [0.29, 0.717) is 27.1 Å². The maximum absolute atomic E-state index is 14.6. The van der Waals surface area contributed by atoms with Crippen molar-refractivity contribution in [2.75, 3.05) is 25.2 Å². The number of thiocarbonyl (C=S) groups is 1. The van der Waals surface area contributed by atoms with E-state index in [0.717, 1.165) is 23.3 Å². The summed E-state index contributed by atoms with van der Waals surface area (Å²) in [5.74, 6) is -1.07. The van der Waals surface area contributed by atoms with Crippen molar-refractivity contribution in [3.63, 3.8) is 0 Å². The summed E-state index contributed by atoms with van der Waals surface area (Å²) in [6.45, 7) is 19.2. The van der Waals surface area contributed by atoms with Crippen LogP contribution in [0.4, 0.5) is 5.69 Å². The molecule has 0 saturated carbocycles. The first-order valence-electron chi connectivity index (χ1n) is 14.4. The lowest BCUT2D eigenvalue weighted by molar-refractivity contribution is -0.153. The third kappa shape index (κ3) is 8.28. The van der Waals surface area contributed by atoms with Crippen molar-refractivity contribution >= 4 is 66.0 Å². The molecule has 2 aromatic carbocycles. The average molecular weight is 664 g/mol. The number of benzene rings is 2. The number of hydrogen-bond donors (Lipinski definition) is 1. The SMILES string of the molecule is C=C(C)[C@@H]1NC(=S)C[C@@H](c2cccc(Cl)c2)[C@]12C(=O)N(CC(=O)OC(C)(C)C)c1cc(Cl)ccc12.COCC[Si](C)(C)C. The van der Waals surface area contributed by atoms with E-state index in [-0.39, 0.29) is 18.4 Å². The van der Waals surface area contributed by atoms with Gasteiger partial charge >= 0.3 is 5.97 Å². The number of rotatable bonds is 7. The maximum Gasteiger partial charge on any atom is 0.326 e. The number of nitrogens with one attached hydrogen (secondary N) is 1. The summed E-state index contributed by atoms with van der Waals surface area (Å²) < 4.78 is 10.5. The molecule has 0 aromatic heterocycles. The van der Waals surface area contributed by atoms with Crippen LogP contribution in [0.2, 0.25) is 35.7 Å². The molecular formula is C33H44Cl2N2O4SSi. The minimum absolute atomic E-state index is 0.228. The minimum Gasteiger partial charge on any atom is -0.459 e. The molecule has 0 aliphatic carbocycles. The Hall–Kier alpha value is -2.23. The van der Waals surface area contributed by atoms with Gasteiger partial charge in [-0.05, 0) is 69.1 Å². The minimum atomic E-state index is -1.11. The van der Waals surface area contributed by atoms with Crippen molar-refractivity contribution in [2.45, 2.75) is 82.8 Å². The first-order chi connectivity index (χ1) is 19.9. The molecule has 1 N–H and O–H groups in total. The van der Waals surface area contributed by atoms with Gasteiger partial charge in [-0.2, -0.15) is 0 Å². The number of amides is 1. The normalized spacial score (nSPS) is 21.6. The number of hydrogen-bond acceptors (Lipinski definition) is 5. The molecule has 2 aromatic rings. The van der Waals surface area contributed by atoms with Gasteiger partial charge in [0.1, 0.15) is 17.6 Å². The highest BCUT2D eigenvalue weighted by Crippen LogP contribution is 2.56. The zero-order valence-corrected chi connectivity index (χ0v) is 29.8. The van der Waals surface area contributed by atoms with Gasteiger partial charge in [0.2, 0.25) is 5.91 Å². The second-order valence-electron chi connectivity index (χ2n) is 13.5. The van der Waals surface area contributed by atoms with Gasteiger partial charge in [0.05, 0.1) is 16.7 Å². The van der Waals surface area contributed by atoms with Crippen LogP contribution in [0.15, 0.2) is 54.6 Å². The fourth-order valence-corrected chi connectivity index (χ4v) is 7.17. The van der Waals surface area contributed by atoms with Gasteiger partial charge in [-0.1, -0.05) is 85.4 Å². The number of ether oxygens (including phenoxy) is 2. The molecule has 43 heavy (non-hydrogen) atoms. The smallest absolute Gasteiger partial charge is 0.326 e. The zero-order valence-electron chi connectivity index (χ0n) is 26.5. The van der Waals surface area contributed by atoms with Crippen LogP contribution < -0.4 is 10.2 Å². The van der Waals surface area contributed by atoms with Gasteiger partial charge < -0.3 is 14.8 Å². The van der Waals surface area contributed by atoms with Gasteiger partial charge in [-0.25, -0.2) is 0 Å². The largest absolute Gasteiger partial charge is 0.459 e. The number of carbonyl (C=O) groups is 2. The Morgan fingerprint density at radius 3 is 2.35 bits per heavy atom. The molecule has 2 heterocycles. The van der Waals surface area contributed by atoms with Crippen LogP contribution in [0.5, 0.6) is 0 Å². The van der Waals surface area contributed by atoms with E-state index in [2.05, 4.69) is 31.5 Å². The quantitative estimate of drug-likeness (QED) is 0.141. The molecule has 1 spiro atoms. The molecule has 3 atom stereocenters. The Morgan fingerprint density at radius 2 is 1.81 bits per heavy atom. The maximum atomic E-state index is 14.6. The lowest BCUT2D eigenvalue weighted by Crippen LogP contribution is -2.63. The van der Waals surface area contributed by atoms with Crippen molar-refractivity contribution in [3.05, 3.63) is 75.8 Å². The monoisotopic (exact) mass is 662 g/mol. The highest BCUT2D eigenvalue weighted by Gasteiger charge is 2.62. The topological polar surface area (TPSA) is 67.9 Å². The second-order valence-corrected chi connectivity index (χ2v) is 20.5. The number of methoxy groups -OCH3 is 1. The van der Waals surface area contributed by atoms with Crippen LogP contribution in [-0.2, 0) is 24.5 Å². The Labute approximate surface area is 273 Å². The van der Waals surface area contributed by atoms with Crippen LogP contribution in [0, 0.1) is 0 Å². The molecule has 4 rings (SSSR count). The number of fused-ring (bicyclic) bond motifs is 2. The highest BCUT2D eigenvalue weighted by atomic mass is 35.5. The van der Waals surface area contributed by atoms with Crippen molar-refractivity contribution in [1.29, 1.82) is 0 Å². The number of halogens is 2. The summed E-state index contributed by atoms with van der Waals surface area (Å²) in [5, 5.41) is 4.40. The summed E-state index contributed by atoms with van der Waals surface area (Å²) in [4.78, 5) is 29.6. The standard InChI is InChI=1S/C27H28Cl2N2O3S.C6H16OSi/c1-15(2)24-27(20(13-22(35)30-24)16-7-6-8-17(28)11-16)19-10-9-18(29)12-21(19)31(25(27)33)14-23(32)34-26(3,4)5;1-7-5-6-8(2,3)4/h6-12,20,24H,1,13-14H2,2-5H3,(H,30,35);5-6H2,1-4H3/t20-,24-,27-;/m0./s1. The van der Waals surface area contributed by atoms with E-state index in [9.17, 15) is 9.59 Å². The van der Waals surface area contributed by atoms with Crippen LogP contribution in [0.25, 0.3) is 0 Å². The first-order valence-corrected chi connectivity index (χ1v) is 19.3. The van der Waals surface area contributed by atoms with Gasteiger partial charge in [0.15, 0.2) is 0 Å². The third-order valence-corrected chi connectivity index (χ3v) is 9.96.